The lowest BCUT2D eigenvalue weighted by molar-refractivity contribution is 0.719. The van der Waals surface area contributed by atoms with Crippen LogP contribution in [0.5, 0.6) is 0 Å². The molecule has 164 valence electrons. The van der Waals surface area contributed by atoms with Gasteiger partial charge in [-0.2, -0.15) is 9.97 Å². The fourth-order valence-electron chi connectivity index (χ4n) is 4.27. The molecular formula is C24H27N7S. The zero-order valence-corrected chi connectivity index (χ0v) is 18.8. The molecule has 2 aromatic heterocycles. The van der Waals surface area contributed by atoms with E-state index in [1.807, 2.05) is 18.3 Å². The highest BCUT2D eigenvalue weighted by atomic mass is 32.1. The van der Waals surface area contributed by atoms with Crippen LogP contribution in [-0.2, 0) is 19.5 Å². The van der Waals surface area contributed by atoms with Crippen molar-refractivity contribution in [1.29, 1.82) is 0 Å². The van der Waals surface area contributed by atoms with Gasteiger partial charge >= 0.3 is 0 Å². The third kappa shape index (κ3) is 4.80. The highest BCUT2D eigenvalue weighted by Crippen LogP contribution is 2.28. The number of hydrogen-bond acceptors (Lipinski definition) is 6. The first-order chi connectivity index (χ1) is 15.7. The summed E-state index contributed by atoms with van der Waals surface area (Å²) in [4.78, 5) is 18.4. The van der Waals surface area contributed by atoms with Crippen molar-refractivity contribution < 1.29 is 0 Å². The maximum absolute atomic E-state index is 5.52. The Morgan fingerprint density at radius 1 is 0.938 bits per heavy atom. The van der Waals surface area contributed by atoms with Crippen molar-refractivity contribution in [1.82, 2.24) is 20.3 Å². The number of anilines is 3. The third-order valence-corrected chi connectivity index (χ3v) is 6.23. The van der Waals surface area contributed by atoms with Crippen molar-refractivity contribution in [2.24, 2.45) is 0 Å². The van der Waals surface area contributed by atoms with Crippen molar-refractivity contribution in [3.63, 3.8) is 0 Å². The van der Waals surface area contributed by atoms with Gasteiger partial charge in [0.05, 0.1) is 0 Å². The molecule has 2 aliphatic heterocycles. The molecule has 1 fully saturated rings. The number of hydrogen-bond donors (Lipinski definition) is 2. The first-order valence-corrected chi connectivity index (χ1v) is 11.5. The molecule has 0 saturated carbocycles. The number of fused-ring (bicyclic) bond motifs is 1. The predicted octanol–water partition coefficient (Wildman–Crippen LogP) is 3.52. The Morgan fingerprint density at radius 3 is 2.50 bits per heavy atom. The number of pyridine rings is 1. The minimum Gasteiger partial charge on any atom is -0.358 e. The van der Waals surface area contributed by atoms with Crippen molar-refractivity contribution in [2.75, 3.05) is 34.8 Å². The van der Waals surface area contributed by atoms with Crippen molar-refractivity contribution in [3.8, 4) is 0 Å². The highest BCUT2D eigenvalue weighted by molar-refractivity contribution is 7.80. The summed E-state index contributed by atoms with van der Waals surface area (Å²) in [5.74, 6) is 2.44. The molecular weight excluding hydrogens is 418 g/mol. The summed E-state index contributed by atoms with van der Waals surface area (Å²) in [6.07, 6.45) is 7.01. The fourth-order valence-corrected chi connectivity index (χ4v) is 4.43. The van der Waals surface area contributed by atoms with Crippen LogP contribution in [0.1, 0.15) is 29.5 Å². The van der Waals surface area contributed by atoms with Crippen molar-refractivity contribution in [2.45, 2.75) is 32.4 Å². The topological polar surface area (TPSA) is 69.2 Å². The second-order valence-corrected chi connectivity index (χ2v) is 8.62. The van der Waals surface area contributed by atoms with Gasteiger partial charge in [0.15, 0.2) is 5.11 Å². The summed E-state index contributed by atoms with van der Waals surface area (Å²) in [7, 11) is 0. The normalized spacial score (nSPS) is 15.4. The third-order valence-electron chi connectivity index (χ3n) is 5.99. The minimum atomic E-state index is 0.502. The monoisotopic (exact) mass is 445 g/mol. The molecule has 0 atom stereocenters. The molecule has 1 aromatic carbocycles. The van der Waals surface area contributed by atoms with E-state index in [2.05, 4.69) is 55.7 Å². The first-order valence-electron chi connectivity index (χ1n) is 11.1. The number of nitrogens with zero attached hydrogens (tertiary/aromatic N) is 5. The highest BCUT2D eigenvalue weighted by Gasteiger charge is 2.21. The van der Waals surface area contributed by atoms with Crippen LogP contribution in [0.4, 0.5) is 17.6 Å². The molecule has 0 bridgehead atoms. The van der Waals surface area contributed by atoms with Crippen LogP contribution in [0.15, 0.2) is 54.9 Å². The summed E-state index contributed by atoms with van der Waals surface area (Å²) in [5, 5.41) is 6.92. The van der Waals surface area contributed by atoms with E-state index >= 15 is 0 Å². The van der Waals surface area contributed by atoms with Gasteiger partial charge in [0.25, 0.3) is 0 Å². The molecule has 32 heavy (non-hydrogen) atoms. The van der Waals surface area contributed by atoms with E-state index in [1.54, 1.807) is 6.20 Å². The molecule has 3 aromatic rings. The molecule has 5 rings (SSSR count). The van der Waals surface area contributed by atoms with Gasteiger partial charge < -0.3 is 20.4 Å². The fraction of sp³-hybridized carbons (Fsp3) is 0.333. The van der Waals surface area contributed by atoms with Gasteiger partial charge in [-0.15, -0.1) is 0 Å². The summed E-state index contributed by atoms with van der Waals surface area (Å²) in [6.45, 7) is 4.46. The summed E-state index contributed by atoms with van der Waals surface area (Å²) in [6, 6.07) is 14.7. The predicted molar refractivity (Wildman–Crippen MR) is 132 cm³/mol. The quantitative estimate of drug-likeness (QED) is 0.578. The lowest BCUT2D eigenvalue weighted by atomic mass is 10.00. The molecule has 2 aliphatic rings. The molecule has 1 saturated heterocycles. The Bertz CT molecular complexity index is 1080. The Hall–Kier alpha value is -3.26. The standard InChI is InChI=1S/C24H27N7S/c32-24(26-16-18-6-5-10-25-15-18)29-23-27-21(30-11-3-4-12-30)14-22(28-23)31-13-9-19-7-1-2-8-20(19)17-31/h1-2,5-8,10,14-15H,3-4,9,11-13,16-17H2,(H2,26,27,28,29,32). The molecule has 2 N–H and O–H groups in total. The average Bonchev–Trinajstić information content (AvgIpc) is 3.38. The Morgan fingerprint density at radius 2 is 1.72 bits per heavy atom. The maximum atomic E-state index is 5.52. The van der Waals surface area contributed by atoms with Gasteiger partial charge in [0, 0.05) is 51.2 Å². The zero-order chi connectivity index (χ0) is 21.8. The molecule has 0 spiro atoms. The number of aromatic nitrogens is 3. The molecule has 4 heterocycles. The Labute approximate surface area is 193 Å². The van der Waals surface area contributed by atoms with E-state index in [1.165, 1.54) is 24.0 Å². The number of nitrogens with one attached hydrogen (secondary N) is 2. The van der Waals surface area contributed by atoms with Crippen LogP contribution in [0.2, 0.25) is 0 Å². The molecule has 0 aliphatic carbocycles. The van der Waals surface area contributed by atoms with Crippen LogP contribution in [0, 0.1) is 0 Å². The van der Waals surface area contributed by atoms with Crippen LogP contribution in [0.3, 0.4) is 0 Å². The van der Waals surface area contributed by atoms with Gasteiger partial charge in [-0.05, 0) is 54.2 Å². The number of benzene rings is 1. The van der Waals surface area contributed by atoms with Crippen molar-refractivity contribution in [3.05, 3.63) is 71.5 Å². The lowest BCUT2D eigenvalue weighted by Crippen LogP contribution is -2.33. The molecule has 0 amide bonds. The number of thiocarbonyl (C=S) groups is 1. The average molecular weight is 446 g/mol. The first kappa shape index (κ1) is 20.6. The van der Waals surface area contributed by atoms with Gasteiger partial charge in [-0.25, -0.2) is 0 Å². The van der Waals surface area contributed by atoms with E-state index in [0.717, 1.165) is 49.8 Å². The van der Waals surface area contributed by atoms with Gasteiger partial charge in [-0.1, -0.05) is 30.3 Å². The molecule has 0 radical (unpaired) electrons. The second kappa shape index (κ2) is 9.48. The molecule has 7 nitrogen and oxygen atoms in total. The van der Waals surface area contributed by atoms with E-state index in [4.69, 9.17) is 22.2 Å². The van der Waals surface area contributed by atoms with Crippen LogP contribution >= 0.6 is 12.2 Å². The van der Waals surface area contributed by atoms with E-state index in [-0.39, 0.29) is 0 Å². The lowest BCUT2D eigenvalue weighted by Gasteiger charge is -2.30. The summed E-state index contributed by atoms with van der Waals surface area (Å²) >= 11 is 5.52. The van der Waals surface area contributed by atoms with Gasteiger partial charge in [0.2, 0.25) is 5.95 Å². The Balaban J connectivity index is 1.35. The van der Waals surface area contributed by atoms with Gasteiger partial charge in [-0.3, -0.25) is 4.98 Å². The largest absolute Gasteiger partial charge is 0.358 e. The zero-order valence-electron chi connectivity index (χ0n) is 18.0. The summed E-state index contributed by atoms with van der Waals surface area (Å²) in [5.41, 5.74) is 3.86. The SMILES string of the molecule is S=C(NCc1cccnc1)Nc1nc(N2CCCC2)cc(N2CCc3ccccc3C2)n1. The van der Waals surface area contributed by atoms with E-state index in [0.29, 0.717) is 17.6 Å². The van der Waals surface area contributed by atoms with Crippen LogP contribution in [-0.4, -0.2) is 39.7 Å². The van der Waals surface area contributed by atoms with Crippen LogP contribution < -0.4 is 20.4 Å². The van der Waals surface area contributed by atoms with E-state index in [9.17, 15) is 0 Å². The summed E-state index contributed by atoms with van der Waals surface area (Å²) < 4.78 is 0. The number of rotatable bonds is 5. The Kier molecular flexibility index (Phi) is 6.11. The minimum absolute atomic E-state index is 0.502. The smallest absolute Gasteiger partial charge is 0.232 e. The molecule has 0 unspecified atom stereocenters. The molecule has 8 heteroatoms. The van der Waals surface area contributed by atoms with E-state index < -0.39 is 0 Å². The van der Waals surface area contributed by atoms with Crippen LogP contribution in [0.25, 0.3) is 0 Å². The van der Waals surface area contributed by atoms with Crippen molar-refractivity contribution >= 4 is 34.9 Å². The second-order valence-electron chi connectivity index (χ2n) is 8.21. The maximum Gasteiger partial charge on any atom is 0.232 e. The van der Waals surface area contributed by atoms with Gasteiger partial charge in [0.1, 0.15) is 11.6 Å².